The number of benzene rings is 2. The van der Waals surface area contributed by atoms with Gasteiger partial charge in [0, 0.05) is 22.8 Å². The summed E-state index contributed by atoms with van der Waals surface area (Å²) in [5, 5.41) is 10.9. The standard InChI is InChI=1S/C18H19NO4/c1-23-18-10-6-5-9-16(18)11-14(13-19(21)22)12-17(20)15-7-3-2-4-8-15/h2-10,14H,11-13H2,1H3/t14-/m1/s1. The number of nitrogens with zero attached hydrogens (tertiary/aromatic N) is 1. The van der Waals surface area contributed by atoms with Crippen molar-refractivity contribution in [1.29, 1.82) is 0 Å². The summed E-state index contributed by atoms with van der Waals surface area (Å²) in [7, 11) is 1.57. The van der Waals surface area contributed by atoms with Crippen LogP contribution in [0.2, 0.25) is 0 Å². The molecule has 5 heteroatoms. The van der Waals surface area contributed by atoms with Gasteiger partial charge >= 0.3 is 0 Å². The van der Waals surface area contributed by atoms with Crippen LogP contribution in [0.3, 0.4) is 0 Å². The molecule has 0 aromatic heterocycles. The van der Waals surface area contributed by atoms with Crippen molar-refractivity contribution in [3.05, 3.63) is 75.8 Å². The Labute approximate surface area is 135 Å². The Kier molecular flexibility index (Phi) is 5.86. The molecule has 1 atom stereocenters. The van der Waals surface area contributed by atoms with Crippen LogP contribution in [0.1, 0.15) is 22.3 Å². The van der Waals surface area contributed by atoms with Crippen molar-refractivity contribution >= 4 is 5.78 Å². The minimum atomic E-state index is -0.367. The molecule has 120 valence electrons. The number of ketones is 1. The first-order valence-electron chi connectivity index (χ1n) is 7.42. The average Bonchev–Trinajstić information content (AvgIpc) is 2.55. The van der Waals surface area contributed by atoms with Gasteiger partial charge in [0.1, 0.15) is 5.75 Å². The smallest absolute Gasteiger partial charge is 0.207 e. The minimum Gasteiger partial charge on any atom is -0.496 e. The van der Waals surface area contributed by atoms with Gasteiger partial charge in [0.15, 0.2) is 5.78 Å². The van der Waals surface area contributed by atoms with Crippen LogP contribution in [0.4, 0.5) is 0 Å². The van der Waals surface area contributed by atoms with Gasteiger partial charge in [-0.1, -0.05) is 48.5 Å². The molecule has 0 heterocycles. The van der Waals surface area contributed by atoms with Crippen molar-refractivity contribution in [3.63, 3.8) is 0 Å². The molecule has 23 heavy (non-hydrogen) atoms. The number of para-hydroxylation sites is 1. The summed E-state index contributed by atoms with van der Waals surface area (Å²) in [6, 6.07) is 16.3. The summed E-state index contributed by atoms with van der Waals surface area (Å²) in [5.74, 6) is 0.245. The Morgan fingerprint density at radius 3 is 2.43 bits per heavy atom. The topological polar surface area (TPSA) is 69.4 Å². The van der Waals surface area contributed by atoms with E-state index in [2.05, 4.69) is 0 Å². The number of ether oxygens (including phenoxy) is 1. The first-order chi connectivity index (χ1) is 11.1. The third-order valence-electron chi connectivity index (χ3n) is 3.68. The summed E-state index contributed by atoms with van der Waals surface area (Å²) in [5.41, 5.74) is 1.46. The highest BCUT2D eigenvalue weighted by Crippen LogP contribution is 2.23. The van der Waals surface area contributed by atoms with Crippen molar-refractivity contribution in [3.8, 4) is 5.75 Å². The second-order valence-corrected chi connectivity index (χ2v) is 5.39. The molecule has 0 N–H and O–H groups in total. The summed E-state index contributed by atoms with van der Waals surface area (Å²) < 4.78 is 5.29. The highest BCUT2D eigenvalue weighted by molar-refractivity contribution is 5.96. The average molecular weight is 313 g/mol. The molecular formula is C18H19NO4. The number of Topliss-reactive ketones (excluding diaryl/α,β-unsaturated/α-hetero) is 1. The van der Waals surface area contributed by atoms with Crippen LogP contribution in [0.25, 0.3) is 0 Å². The van der Waals surface area contributed by atoms with Gasteiger partial charge in [-0.2, -0.15) is 0 Å². The molecular weight excluding hydrogens is 294 g/mol. The van der Waals surface area contributed by atoms with E-state index < -0.39 is 0 Å². The molecule has 0 unspecified atom stereocenters. The van der Waals surface area contributed by atoms with Crippen LogP contribution in [0.15, 0.2) is 54.6 Å². The van der Waals surface area contributed by atoms with E-state index in [1.165, 1.54) is 0 Å². The fraction of sp³-hybridized carbons (Fsp3) is 0.278. The van der Waals surface area contributed by atoms with Gasteiger partial charge in [-0.15, -0.1) is 0 Å². The monoisotopic (exact) mass is 313 g/mol. The third kappa shape index (κ3) is 4.92. The van der Waals surface area contributed by atoms with Gasteiger partial charge in [-0.05, 0) is 18.1 Å². The van der Waals surface area contributed by atoms with E-state index in [0.717, 1.165) is 5.56 Å². The molecule has 0 fully saturated rings. The SMILES string of the molecule is COc1ccccc1C[C@H](CC(=O)c1ccccc1)C[N+](=O)[O-]. The fourth-order valence-corrected chi connectivity index (χ4v) is 2.60. The van der Waals surface area contributed by atoms with Crippen LogP contribution < -0.4 is 4.74 Å². The predicted molar refractivity (Wildman–Crippen MR) is 87.4 cm³/mol. The lowest BCUT2D eigenvalue weighted by Crippen LogP contribution is -2.20. The van der Waals surface area contributed by atoms with Crippen molar-refractivity contribution in [2.45, 2.75) is 12.8 Å². The maximum absolute atomic E-state index is 12.3. The lowest BCUT2D eigenvalue weighted by atomic mass is 9.92. The first-order valence-corrected chi connectivity index (χ1v) is 7.42. The first kappa shape index (κ1) is 16.7. The van der Waals surface area contributed by atoms with Crippen LogP contribution >= 0.6 is 0 Å². The van der Waals surface area contributed by atoms with Crippen molar-refractivity contribution in [2.75, 3.05) is 13.7 Å². The summed E-state index contributed by atoms with van der Waals surface area (Å²) >= 11 is 0. The number of carbonyl (C=O) groups is 1. The van der Waals surface area contributed by atoms with Crippen LogP contribution in [-0.4, -0.2) is 24.4 Å². The van der Waals surface area contributed by atoms with Gasteiger partial charge in [0.05, 0.1) is 7.11 Å². The second-order valence-electron chi connectivity index (χ2n) is 5.39. The van der Waals surface area contributed by atoms with E-state index in [1.54, 1.807) is 31.4 Å². The summed E-state index contributed by atoms with van der Waals surface area (Å²) in [6.07, 6.45) is 0.576. The Morgan fingerprint density at radius 1 is 1.13 bits per heavy atom. The van der Waals surface area contributed by atoms with E-state index >= 15 is 0 Å². The van der Waals surface area contributed by atoms with Crippen molar-refractivity contribution in [1.82, 2.24) is 0 Å². The molecule has 2 rings (SSSR count). The van der Waals surface area contributed by atoms with E-state index in [0.29, 0.717) is 17.7 Å². The quantitative estimate of drug-likeness (QED) is 0.425. The Bertz CT molecular complexity index is 670. The largest absolute Gasteiger partial charge is 0.496 e. The van der Waals surface area contributed by atoms with Crippen LogP contribution in [0.5, 0.6) is 5.75 Å². The lowest BCUT2D eigenvalue weighted by molar-refractivity contribution is -0.487. The minimum absolute atomic E-state index is 0.0765. The summed E-state index contributed by atoms with van der Waals surface area (Å²) in [6.45, 7) is -0.239. The molecule has 2 aromatic rings. The van der Waals surface area contributed by atoms with E-state index in [1.807, 2.05) is 30.3 Å². The number of methoxy groups -OCH3 is 1. The van der Waals surface area contributed by atoms with Gasteiger partial charge in [0.2, 0.25) is 6.54 Å². The second kappa shape index (κ2) is 8.08. The van der Waals surface area contributed by atoms with Crippen LogP contribution in [-0.2, 0) is 6.42 Å². The summed E-state index contributed by atoms with van der Waals surface area (Å²) in [4.78, 5) is 22.9. The number of nitro groups is 1. The molecule has 0 aliphatic carbocycles. The van der Waals surface area contributed by atoms with Gasteiger partial charge in [-0.3, -0.25) is 14.9 Å². The molecule has 0 aliphatic heterocycles. The number of carbonyl (C=O) groups excluding carboxylic acids is 1. The molecule has 0 amide bonds. The Morgan fingerprint density at radius 2 is 1.78 bits per heavy atom. The Balaban J connectivity index is 2.14. The molecule has 0 saturated carbocycles. The molecule has 0 spiro atoms. The van der Waals surface area contributed by atoms with Gasteiger partial charge < -0.3 is 4.74 Å². The third-order valence-corrected chi connectivity index (χ3v) is 3.68. The van der Waals surface area contributed by atoms with E-state index in [4.69, 9.17) is 4.74 Å². The zero-order valence-corrected chi connectivity index (χ0v) is 13.0. The molecule has 0 aliphatic rings. The van der Waals surface area contributed by atoms with Gasteiger partial charge in [0.25, 0.3) is 0 Å². The number of hydrogen-bond donors (Lipinski definition) is 0. The van der Waals surface area contributed by atoms with Gasteiger partial charge in [-0.25, -0.2) is 0 Å². The molecule has 0 bridgehead atoms. The van der Waals surface area contributed by atoms with E-state index in [-0.39, 0.29) is 29.6 Å². The normalized spacial score (nSPS) is 11.7. The predicted octanol–water partition coefficient (Wildman–Crippen LogP) is 3.40. The van der Waals surface area contributed by atoms with Crippen LogP contribution in [0, 0.1) is 16.0 Å². The highest BCUT2D eigenvalue weighted by atomic mass is 16.6. The number of rotatable bonds is 8. The fourth-order valence-electron chi connectivity index (χ4n) is 2.60. The zero-order chi connectivity index (χ0) is 16.7. The van der Waals surface area contributed by atoms with Crippen molar-refractivity contribution in [2.24, 2.45) is 5.92 Å². The highest BCUT2D eigenvalue weighted by Gasteiger charge is 2.22. The molecule has 2 aromatic carbocycles. The van der Waals surface area contributed by atoms with E-state index in [9.17, 15) is 14.9 Å². The molecule has 0 radical (unpaired) electrons. The Hall–Kier alpha value is -2.69. The maximum atomic E-state index is 12.3. The maximum Gasteiger partial charge on any atom is 0.207 e. The number of hydrogen-bond acceptors (Lipinski definition) is 4. The lowest BCUT2D eigenvalue weighted by Gasteiger charge is -2.14. The van der Waals surface area contributed by atoms with Crippen molar-refractivity contribution < 1.29 is 14.5 Å². The molecule has 5 nitrogen and oxygen atoms in total. The zero-order valence-electron chi connectivity index (χ0n) is 13.0. The molecule has 0 saturated heterocycles.